The largest absolute Gasteiger partial charge is 0.465 e. The minimum atomic E-state index is -2.32. The molecule has 1 rings (SSSR count). The van der Waals surface area contributed by atoms with E-state index in [9.17, 15) is 9.59 Å². The van der Waals surface area contributed by atoms with Crippen molar-refractivity contribution in [2.75, 3.05) is 7.11 Å². The molecule has 1 aromatic rings. The number of carbonyl (C=O) groups is 1. The topological polar surface area (TPSA) is 59.4 Å². The van der Waals surface area contributed by atoms with Crippen LogP contribution in [0.15, 0.2) is 18.5 Å². The summed E-state index contributed by atoms with van der Waals surface area (Å²) >= 11 is 0. The van der Waals surface area contributed by atoms with Gasteiger partial charge in [-0.3, -0.25) is 4.98 Å². The molecule has 0 radical (unpaired) electrons. The molecule has 0 saturated carbocycles. The zero-order valence-electron chi connectivity index (χ0n) is 11.7. The van der Waals surface area contributed by atoms with Gasteiger partial charge in [0.25, 0.3) is 0 Å². The molecule has 0 saturated heterocycles. The average molecular weight is 267 g/mol. The van der Waals surface area contributed by atoms with Gasteiger partial charge in [-0.25, -0.2) is 4.79 Å². The summed E-state index contributed by atoms with van der Waals surface area (Å²) in [6, 6.07) is 1.66. The predicted octanol–water partition coefficient (Wildman–Crippen LogP) is 2.39. The third-order valence-corrected chi connectivity index (χ3v) is 7.09. The molecule has 18 heavy (non-hydrogen) atoms. The molecule has 1 N–H and O–H groups in total. The third-order valence-electron chi connectivity index (χ3n) is 3.60. The number of esters is 1. The number of nitrogens with zero attached hydrogens (tertiary/aromatic N) is 1. The second-order valence-corrected chi connectivity index (χ2v) is 10.1. The van der Waals surface area contributed by atoms with Gasteiger partial charge in [-0.15, -0.1) is 0 Å². The van der Waals surface area contributed by atoms with Crippen molar-refractivity contribution in [3.05, 3.63) is 29.6 Å². The number of carbonyl (C=O) groups excluding carboxylic acids is 1. The van der Waals surface area contributed by atoms with Crippen molar-refractivity contribution >= 4 is 14.3 Å². The molecule has 0 amide bonds. The van der Waals surface area contributed by atoms with Gasteiger partial charge in [0, 0.05) is 12.4 Å². The maximum atomic E-state index is 11.7. The van der Waals surface area contributed by atoms with Gasteiger partial charge in [0.1, 0.15) is 0 Å². The lowest BCUT2D eigenvalue weighted by Gasteiger charge is -2.35. The summed E-state index contributed by atoms with van der Waals surface area (Å²) in [4.78, 5) is 26.0. The van der Waals surface area contributed by atoms with Gasteiger partial charge in [0.2, 0.25) is 0 Å². The number of methoxy groups -OCH3 is 1. The highest BCUT2D eigenvalue weighted by Gasteiger charge is 2.38. The molecule has 0 aromatic carbocycles. The van der Waals surface area contributed by atoms with Crippen LogP contribution in [0.5, 0.6) is 0 Å². The van der Waals surface area contributed by atoms with Crippen LogP contribution < -0.4 is 0 Å². The Bertz CT molecular complexity index is 438. The molecule has 1 heterocycles. The molecule has 4 nitrogen and oxygen atoms in total. The Balaban J connectivity index is 3.09. The van der Waals surface area contributed by atoms with Crippen LogP contribution in [-0.2, 0) is 11.2 Å². The van der Waals surface area contributed by atoms with Gasteiger partial charge in [0.15, 0.2) is 8.32 Å². The van der Waals surface area contributed by atoms with Crippen LogP contribution >= 0.6 is 0 Å². The Kier molecular flexibility index (Phi) is 4.29. The summed E-state index contributed by atoms with van der Waals surface area (Å²) in [5.74, 6) is -0.361. The maximum absolute atomic E-state index is 11.7. The molecular weight excluding hydrogens is 246 g/mol. The Morgan fingerprint density at radius 2 is 2.11 bits per heavy atom. The van der Waals surface area contributed by atoms with E-state index in [0.717, 1.165) is 5.56 Å². The number of pyridine rings is 1. The number of hydrogen-bond acceptors (Lipinski definition) is 4. The van der Waals surface area contributed by atoms with Crippen molar-refractivity contribution in [2.24, 2.45) is 0 Å². The summed E-state index contributed by atoms with van der Waals surface area (Å²) in [6.45, 7) is 7.85. The first-order valence-electron chi connectivity index (χ1n) is 5.92. The van der Waals surface area contributed by atoms with Crippen molar-refractivity contribution in [2.45, 2.75) is 38.4 Å². The highest BCUT2D eigenvalue weighted by molar-refractivity contribution is 6.72. The molecule has 0 spiro atoms. The predicted molar refractivity (Wildman–Crippen MR) is 73.0 cm³/mol. The third kappa shape index (κ3) is 3.17. The molecule has 0 bridgehead atoms. The molecule has 1 aromatic heterocycles. The Labute approximate surface area is 109 Å². The number of aromatic nitrogens is 1. The molecule has 0 aliphatic rings. The lowest BCUT2D eigenvalue weighted by Crippen LogP contribution is -2.40. The van der Waals surface area contributed by atoms with Crippen LogP contribution in [0.2, 0.25) is 18.1 Å². The first kappa shape index (κ1) is 14.9. The van der Waals surface area contributed by atoms with E-state index in [1.165, 1.54) is 7.11 Å². The van der Waals surface area contributed by atoms with Crippen LogP contribution in [-0.4, -0.2) is 31.2 Å². The number of hydrogen-bond donors (Lipinski definition) is 1. The van der Waals surface area contributed by atoms with Crippen LogP contribution in [0, 0.1) is 0 Å². The smallest absolute Gasteiger partial charge is 0.338 e. The maximum Gasteiger partial charge on any atom is 0.338 e. The number of ether oxygens (including phenoxy) is 1. The summed E-state index contributed by atoms with van der Waals surface area (Å²) in [5, 5.41) is -0.237. The fourth-order valence-corrected chi connectivity index (χ4v) is 2.19. The summed E-state index contributed by atoms with van der Waals surface area (Å²) < 4.78 is 4.76. The van der Waals surface area contributed by atoms with Gasteiger partial charge in [-0.05, 0) is 36.2 Å². The SMILES string of the molecule is COC(=O)c1ccncc1CC(C)(C)[Si](C)(C)O. The van der Waals surface area contributed by atoms with E-state index >= 15 is 0 Å². The molecule has 5 heteroatoms. The molecule has 0 atom stereocenters. The Morgan fingerprint density at radius 3 is 2.61 bits per heavy atom. The quantitative estimate of drug-likeness (QED) is 0.672. The molecular formula is C13H21NO3Si. The second-order valence-electron chi connectivity index (χ2n) is 5.64. The molecule has 0 unspecified atom stereocenters. The summed E-state index contributed by atoms with van der Waals surface area (Å²) in [5.41, 5.74) is 1.35. The fourth-order valence-electron chi connectivity index (χ4n) is 1.57. The monoisotopic (exact) mass is 267 g/mol. The average Bonchev–Trinajstić information content (AvgIpc) is 2.26. The van der Waals surface area contributed by atoms with Crippen LogP contribution in [0.4, 0.5) is 0 Å². The van der Waals surface area contributed by atoms with Crippen molar-refractivity contribution in [1.82, 2.24) is 4.98 Å². The molecule has 0 fully saturated rings. The van der Waals surface area contributed by atoms with Gasteiger partial charge in [-0.2, -0.15) is 0 Å². The van der Waals surface area contributed by atoms with Gasteiger partial charge in [0.05, 0.1) is 12.7 Å². The lowest BCUT2D eigenvalue weighted by atomic mass is 9.99. The standard InChI is InChI=1S/C13H21NO3Si/c1-13(2,18(4,5)16)8-10-9-14-7-6-11(10)12(15)17-3/h6-7,9,16H,8H2,1-5H3. The minimum Gasteiger partial charge on any atom is -0.465 e. The lowest BCUT2D eigenvalue weighted by molar-refractivity contribution is 0.0599. The normalized spacial score (nSPS) is 12.3. The molecule has 100 valence electrons. The fraction of sp³-hybridized carbons (Fsp3) is 0.538. The second kappa shape index (κ2) is 5.20. The van der Waals surface area contributed by atoms with Crippen LogP contribution in [0.3, 0.4) is 0 Å². The van der Waals surface area contributed by atoms with E-state index in [1.807, 2.05) is 26.9 Å². The zero-order valence-corrected chi connectivity index (χ0v) is 12.7. The molecule has 0 aliphatic heterocycles. The number of rotatable bonds is 4. The van der Waals surface area contributed by atoms with E-state index in [4.69, 9.17) is 4.74 Å². The van der Waals surface area contributed by atoms with Gasteiger partial charge < -0.3 is 9.53 Å². The highest BCUT2D eigenvalue weighted by Crippen LogP contribution is 2.39. The van der Waals surface area contributed by atoms with Crippen molar-refractivity contribution in [3.63, 3.8) is 0 Å². The zero-order chi connectivity index (χ0) is 14.0. The van der Waals surface area contributed by atoms with E-state index in [-0.39, 0.29) is 11.0 Å². The Morgan fingerprint density at radius 1 is 1.50 bits per heavy atom. The molecule has 0 aliphatic carbocycles. The van der Waals surface area contributed by atoms with Crippen molar-refractivity contribution in [1.29, 1.82) is 0 Å². The summed E-state index contributed by atoms with van der Waals surface area (Å²) in [7, 11) is -0.952. The van der Waals surface area contributed by atoms with Crippen LogP contribution in [0.1, 0.15) is 29.8 Å². The van der Waals surface area contributed by atoms with Gasteiger partial charge in [-0.1, -0.05) is 13.8 Å². The van der Waals surface area contributed by atoms with Crippen molar-refractivity contribution < 1.29 is 14.3 Å². The first-order valence-corrected chi connectivity index (χ1v) is 8.87. The van der Waals surface area contributed by atoms with Crippen LogP contribution in [0.25, 0.3) is 0 Å². The van der Waals surface area contributed by atoms with E-state index in [0.29, 0.717) is 12.0 Å². The van der Waals surface area contributed by atoms with Gasteiger partial charge >= 0.3 is 5.97 Å². The van der Waals surface area contributed by atoms with E-state index < -0.39 is 8.32 Å². The van der Waals surface area contributed by atoms with E-state index in [1.54, 1.807) is 18.5 Å². The van der Waals surface area contributed by atoms with E-state index in [2.05, 4.69) is 4.98 Å². The first-order chi connectivity index (χ1) is 8.19. The summed E-state index contributed by atoms with van der Waals surface area (Å²) in [6.07, 6.45) is 3.86. The minimum absolute atomic E-state index is 0.237. The van der Waals surface area contributed by atoms with Crippen molar-refractivity contribution in [3.8, 4) is 0 Å². The Hall–Kier alpha value is -1.20. The highest BCUT2D eigenvalue weighted by atomic mass is 28.4.